The van der Waals surface area contributed by atoms with Gasteiger partial charge in [0.05, 0.1) is 7.11 Å². The van der Waals surface area contributed by atoms with E-state index in [9.17, 15) is 0 Å². The van der Waals surface area contributed by atoms with Crippen LogP contribution < -0.4 is 9.47 Å². The van der Waals surface area contributed by atoms with Crippen LogP contribution in [0.4, 0.5) is 0 Å². The van der Waals surface area contributed by atoms with E-state index in [0.29, 0.717) is 6.61 Å². The molecule has 2 aromatic rings. The van der Waals surface area contributed by atoms with E-state index in [1.807, 2.05) is 30.3 Å². The number of nitriles is 1. The van der Waals surface area contributed by atoms with E-state index in [1.165, 1.54) is 12.3 Å². The Balaban J connectivity index is 2.00. The number of ether oxygens (including phenoxy) is 2. The quantitative estimate of drug-likeness (QED) is 0.818. The van der Waals surface area contributed by atoms with Gasteiger partial charge >= 0.3 is 6.01 Å². The zero-order chi connectivity index (χ0) is 12.8. The fraction of sp³-hybridized carbons (Fsp3) is 0.154. The molecule has 0 saturated heterocycles. The summed E-state index contributed by atoms with van der Waals surface area (Å²) in [7, 11) is 1.62. The molecule has 1 heterocycles. The van der Waals surface area contributed by atoms with Crippen molar-refractivity contribution in [1.82, 2.24) is 9.97 Å². The number of hydrogen-bond donors (Lipinski definition) is 0. The minimum atomic E-state index is 0.199. The molecule has 0 N–H and O–H groups in total. The number of methoxy groups -OCH3 is 1. The molecule has 0 spiro atoms. The number of benzene rings is 1. The number of hydrogen-bond acceptors (Lipinski definition) is 5. The van der Waals surface area contributed by atoms with Gasteiger partial charge in [0.1, 0.15) is 24.1 Å². The molecule has 1 aromatic heterocycles. The minimum Gasteiger partial charge on any atom is -0.497 e. The molecule has 5 nitrogen and oxygen atoms in total. The van der Waals surface area contributed by atoms with Gasteiger partial charge in [-0.1, -0.05) is 12.1 Å². The largest absolute Gasteiger partial charge is 0.497 e. The van der Waals surface area contributed by atoms with Crippen molar-refractivity contribution in [2.75, 3.05) is 7.11 Å². The van der Waals surface area contributed by atoms with Crippen LogP contribution in [-0.4, -0.2) is 17.1 Å². The third-order valence-electron chi connectivity index (χ3n) is 2.28. The van der Waals surface area contributed by atoms with Crippen LogP contribution in [0, 0.1) is 11.3 Å². The van der Waals surface area contributed by atoms with Crippen LogP contribution in [0.25, 0.3) is 0 Å². The van der Waals surface area contributed by atoms with Crippen LogP contribution in [0.1, 0.15) is 11.3 Å². The maximum absolute atomic E-state index is 8.70. The van der Waals surface area contributed by atoms with E-state index in [0.717, 1.165) is 11.3 Å². The van der Waals surface area contributed by atoms with Gasteiger partial charge in [-0.05, 0) is 23.8 Å². The standard InChI is InChI=1S/C13H11N3O2/c1-17-12-4-2-10(3-5-12)9-18-13-15-7-6-11(8-14)16-13/h2-7H,9H2,1H3. The highest BCUT2D eigenvalue weighted by Crippen LogP contribution is 2.12. The Kier molecular flexibility index (Phi) is 3.72. The molecular weight excluding hydrogens is 230 g/mol. The normalized spacial score (nSPS) is 9.56. The van der Waals surface area contributed by atoms with Gasteiger partial charge in [0.25, 0.3) is 0 Å². The average molecular weight is 241 g/mol. The monoisotopic (exact) mass is 241 g/mol. The fourth-order valence-corrected chi connectivity index (χ4v) is 1.34. The smallest absolute Gasteiger partial charge is 0.317 e. The second-order valence-electron chi connectivity index (χ2n) is 3.47. The zero-order valence-electron chi connectivity index (χ0n) is 9.83. The van der Waals surface area contributed by atoms with E-state index in [-0.39, 0.29) is 11.7 Å². The lowest BCUT2D eigenvalue weighted by Crippen LogP contribution is -2.00. The van der Waals surface area contributed by atoms with E-state index < -0.39 is 0 Å². The summed E-state index contributed by atoms with van der Waals surface area (Å²) in [6.07, 6.45) is 1.49. The molecule has 0 atom stereocenters. The fourth-order valence-electron chi connectivity index (χ4n) is 1.34. The van der Waals surface area contributed by atoms with Crippen molar-refractivity contribution in [3.63, 3.8) is 0 Å². The summed E-state index contributed by atoms with van der Waals surface area (Å²) in [5.74, 6) is 0.793. The summed E-state index contributed by atoms with van der Waals surface area (Å²) in [6.45, 7) is 0.346. The highest BCUT2D eigenvalue weighted by molar-refractivity contribution is 5.27. The third kappa shape index (κ3) is 2.95. The van der Waals surface area contributed by atoms with Crippen molar-refractivity contribution < 1.29 is 9.47 Å². The SMILES string of the molecule is COc1ccc(COc2nccc(C#N)n2)cc1. The predicted molar refractivity (Wildman–Crippen MR) is 64.1 cm³/mol. The molecule has 0 unspecified atom stereocenters. The van der Waals surface area contributed by atoms with E-state index in [2.05, 4.69) is 9.97 Å². The third-order valence-corrected chi connectivity index (χ3v) is 2.28. The molecule has 1 aromatic carbocycles. The van der Waals surface area contributed by atoms with Crippen LogP contribution in [0.3, 0.4) is 0 Å². The van der Waals surface area contributed by atoms with Crippen LogP contribution in [-0.2, 0) is 6.61 Å². The van der Waals surface area contributed by atoms with Gasteiger partial charge in [0.2, 0.25) is 0 Å². The van der Waals surface area contributed by atoms with E-state index in [4.69, 9.17) is 14.7 Å². The van der Waals surface area contributed by atoms with Crippen LogP contribution in [0.2, 0.25) is 0 Å². The summed E-state index contributed by atoms with van der Waals surface area (Å²) in [5.41, 5.74) is 1.26. The van der Waals surface area contributed by atoms with Crippen LogP contribution in [0.15, 0.2) is 36.5 Å². The van der Waals surface area contributed by atoms with Crippen LogP contribution >= 0.6 is 0 Å². The Morgan fingerprint density at radius 3 is 2.67 bits per heavy atom. The molecule has 0 aliphatic carbocycles. The van der Waals surface area contributed by atoms with E-state index in [1.54, 1.807) is 7.11 Å². The Morgan fingerprint density at radius 2 is 2.00 bits per heavy atom. The molecule has 0 fully saturated rings. The van der Waals surface area contributed by atoms with Crippen molar-refractivity contribution in [2.24, 2.45) is 0 Å². The van der Waals surface area contributed by atoms with Gasteiger partial charge in [-0.2, -0.15) is 10.2 Å². The first-order valence-corrected chi connectivity index (χ1v) is 5.30. The molecule has 0 bridgehead atoms. The number of aromatic nitrogens is 2. The molecule has 18 heavy (non-hydrogen) atoms. The highest BCUT2D eigenvalue weighted by Gasteiger charge is 2.01. The Bertz CT molecular complexity index is 561. The second kappa shape index (κ2) is 5.64. The zero-order valence-corrected chi connectivity index (χ0v) is 9.83. The summed E-state index contributed by atoms with van der Waals surface area (Å²) >= 11 is 0. The summed E-state index contributed by atoms with van der Waals surface area (Å²) in [5, 5.41) is 8.70. The molecule has 0 radical (unpaired) electrons. The van der Waals surface area contributed by atoms with Crippen molar-refractivity contribution >= 4 is 0 Å². The molecule has 5 heteroatoms. The van der Waals surface area contributed by atoms with Crippen molar-refractivity contribution in [2.45, 2.75) is 6.61 Å². The van der Waals surface area contributed by atoms with Crippen LogP contribution in [0.5, 0.6) is 11.8 Å². The summed E-state index contributed by atoms with van der Waals surface area (Å²) < 4.78 is 10.5. The summed E-state index contributed by atoms with van der Waals surface area (Å²) in [4.78, 5) is 7.85. The maximum Gasteiger partial charge on any atom is 0.317 e. The van der Waals surface area contributed by atoms with Gasteiger partial charge in [0.15, 0.2) is 0 Å². The van der Waals surface area contributed by atoms with Gasteiger partial charge in [0, 0.05) is 6.20 Å². The van der Waals surface area contributed by atoms with Gasteiger partial charge < -0.3 is 9.47 Å². The maximum atomic E-state index is 8.70. The van der Waals surface area contributed by atoms with Crippen molar-refractivity contribution in [3.8, 4) is 17.8 Å². The van der Waals surface area contributed by atoms with Crippen molar-refractivity contribution in [3.05, 3.63) is 47.8 Å². The first-order chi connectivity index (χ1) is 8.81. The first kappa shape index (κ1) is 11.9. The van der Waals surface area contributed by atoms with Gasteiger partial charge in [-0.15, -0.1) is 0 Å². The predicted octanol–water partition coefficient (Wildman–Crippen LogP) is 1.94. The summed E-state index contributed by atoms with van der Waals surface area (Å²) in [6, 6.07) is 11.2. The number of nitrogens with zero attached hydrogens (tertiary/aromatic N) is 3. The second-order valence-corrected chi connectivity index (χ2v) is 3.47. The molecule has 0 aliphatic rings. The van der Waals surface area contributed by atoms with Crippen molar-refractivity contribution in [1.29, 1.82) is 5.26 Å². The Hall–Kier alpha value is -2.61. The molecule has 0 aliphatic heterocycles. The first-order valence-electron chi connectivity index (χ1n) is 5.30. The molecule has 0 saturated carbocycles. The Morgan fingerprint density at radius 1 is 1.22 bits per heavy atom. The van der Waals surface area contributed by atoms with E-state index >= 15 is 0 Å². The molecule has 90 valence electrons. The molecule has 0 amide bonds. The molecule has 2 rings (SSSR count). The lowest BCUT2D eigenvalue weighted by molar-refractivity contribution is 0.280. The minimum absolute atomic E-state index is 0.199. The van der Waals surface area contributed by atoms with Gasteiger partial charge in [-0.3, -0.25) is 0 Å². The highest BCUT2D eigenvalue weighted by atomic mass is 16.5. The lowest BCUT2D eigenvalue weighted by atomic mass is 10.2. The topological polar surface area (TPSA) is 68.0 Å². The lowest BCUT2D eigenvalue weighted by Gasteiger charge is -2.05. The molecular formula is C13H11N3O2. The Labute approximate surface area is 105 Å². The van der Waals surface area contributed by atoms with Gasteiger partial charge in [-0.25, -0.2) is 4.98 Å². The average Bonchev–Trinajstić information content (AvgIpc) is 2.46. The number of rotatable bonds is 4.